The van der Waals surface area contributed by atoms with Crippen LogP contribution >= 0.6 is 0 Å². The van der Waals surface area contributed by atoms with E-state index in [9.17, 15) is 9.59 Å². The Morgan fingerprint density at radius 1 is 1.32 bits per heavy atom. The predicted molar refractivity (Wildman–Crippen MR) is 71.0 cm³/mol. The molecule has 1 saturated carbocycles. The minimum absolute atomic E-state index is 0.0264. The lowest BCUT2D eigenvalue weighted by atomic mass is 9.79. The first-order chi connectivity index (χ1) is 9.10. The molecule has 19 heavy (non-hydrogen) atoms. The number of allylic oxidation sites excluding steroid dienone is 2. The van der Waals surface area contributed by atoms with Crippen molar-refractivity contribution in [2.75, 3.05) is 14.2 Å². The molecule has 0 unspecified atom stereocenters. The molecule has 0 radical (unpaired) electrons. The lowest BCUT2D eigenvalue weighted by molar-refractivity contribution is -0.168. The number of methoxy groups -OCH3 is 2. The van der Waals surface area contributed by atoms with E-state index in [1.54, 1.807) is 0 Å². The summed E-state index contributed by atoms with van der Waals surface area (Å²) in [6.07, 6.45) is 12.9. The van der Waals surface area contributed by atoms with Crippen LogP contribution in [0.3, 0.4) is 0 Å². The van der Waals surface area contributed by atoms with Gasteiger partial charge in [-0.15, -0.1) is 12.3 Å². The molecule has 0 aromatic rings. The molecule has 0 spiro atoms. The SMILES string of the molecule is C#CCC(C/C=C/C1CCC1)(C(=O)OC)C(=O)OC. The summed E-state index contributed by atoms with van der Waals surface area (Å²) in [4.78, 5) is 23.9. The van der Waals surface area contributed by atoms with Crippen LogP contribution in [0.4, 0.5) is 0 Å². The van der Waals surface area contributed by atoms with E-state index in [0.29, 0.717) is 5.92 Å². The van der Waals surface area contributed by atoms with Crippen LogP contribution in [-0.2, 0) is 19.1 Å². The molecule has 0 amide bonds. The zero-order valence-corrected chi connectivity index (χ0v) is 11.5. The first-order valence-electron chi connectivity index (χ1n) is 6.37. The Hall–Kier alpha value is -1.76. The van der Waals surface area contributed by atoms with Crippen molar-refractivity contribution in [1.29, 1.82) is 0 Å². The number of esters is 2. The van der Waals surface area contributed by atoms with Gasteiger partial charge in [-0.2, -0.15) is 0 Å². The molecule has 1 rings (SSSR count). The molecular weight excluding hydrogens is 244 g/mol. The predicted octanol–water partition coefficient (Wildman–Crippen LogP) is 2.09. The van der Waals surface area contributed by atoms with Gasteiger partial charge in [-0.1, -0.05) is 18.6 Å². The molecule has 0 bridgehead atoms. The van der Waals surface area contributed by atoms with Crippen LogP contribution in [0.15, 0.2) is 12.2 Å². The molecule has 0 N–H and O–H groups in total. The van der Waals surface area contributed by atoms with E-state index in [1.807, 2.05) is 12.2 Å². The summed E-state index contributed by atoms with van der Waals surface area (Å²) in [6, 6.07) is 0. The van der Waals surface area contributed by atoms with Gasteiger partial charge in [-0.05, 0) is 25.2 Å². The van der Waals surface area contributed by atoms with E-state index in [0.717, 1.165) is 12.8 Å². The van der Waals surface area contributed by atoms with Crippen molar-refractivity contribution in [3.8, 4) is 12.3 Å². The second-order valence-electron chi connectivity index (χ2n) is 4.77. The zero-order chi connectivity index (χ0) is 14.3. The molecular formula is C15H20O4. The molecule has 0 atom stereocenters. The summed E-state index contributed by atoms with van der Waals surface area (Å²) in [5.74, 6) is 1.64. The second kappa shape index (κ2) is 6.98. The Morgan fingerprint density at radius 2 is 1.89 bits per heavy atom. The molecule has 0 heterocycles. The zero-order valence-electron chi connectivity index (χ0n) is 11.5. The number of hydrogen-bond acceptors (Lipinski definition) is 4. The Kier molecular flexibility index (Phi) is 5.62. The van der Waals surface area contributed by atoms with Gasteiger partial charge in [0.25, 0.3) is 0 Å². The molecule has 4 heteroatoms. The molecule has 0 aromatic heterocycles. The summed E-state index contributed by atoms with van der Waals surface area (Å²) in [7, 11) is 2.48. The summed E-state index contributed by atoms with van der Waals surface area (Å²) in [6.45, 7) is 0. The first-order valence-corrected chi connectivity index (χ1v) is 6.37. The number of ether oxygens (including phenoxy) is 2. The van der Waals surface area contributed by atoms with Crippen LogP contribution < -0.4 is 0 Å². The molecule has 0 aromatic carbocycles. The maximum atomic E-state index is 11.9. The number of terminal acetylenes is 1. The highest BCUT2D eigenvalue weighted by Crippen LogP contribution is 2.32. The van der Waals surface area contributed by atoms with Gasteiger partial charge in [-0.3, -0.25) is 9.59 Å². The van der Waals surface area contributed by atoms with Crippen molar-refractivity contribution in [3.05, 3.63) is 12.2 Å². The molecule has 1 aliphatic rings. The first kappa shape index (κ1) is 15.3. The van der Waals surface area contributed by atoms with Gasteiger partial charge in [0.15, 0.2) is 5.41 Å². The smallest absolute Gasteiger partial charge is 0.324 e. The van der Waals surface area contributed by atoms with E-state index in [-0.39, 0.29) is 12.8 Å². The lowest BCUT2D eigenvalue weighted by Gasteiger charge is -2.26. The summed E-state index contributed by atoms with van der Waals surface area (Å²) >= 11 is 0. The average molecular weight is 264 g/mol. The van der Waals surface area contributed by atoms with Crippen molar-refractivity contribution >= 4 is 11.9 Å². The van der Waals surface area contributed by atoms with E-state index in [2.05, 4.69) is 5.92 Å². The van der Waals surface area contributed by atoms with Crippen molar-refractivity contribution in [2.45, 2.75) is 32.1 Å². The Balaban J connectivity index is 2.87. The van der Waals surface area contributed by atoms with Gasteiger partial charge in [0.2, 0.25) is 0 Å². The normalized spacial score (nSPS) is 15.6. The quantitative estimate of drug-likeness (QED) is 0.319. The minimum Gasteiger partial charge on any atom is -0.468 e. The summed E-state index contributed by atoms with van der Waals surface area (Å²) in [5, 5.41) is 0. The maximum absolute atomic E-state index is 11.9. The van der Waals surface area contributed by atoms with E-state index in [1.165, 1.54) is 20.6 Å². The second-order valence-corrected chi connectivity index (χ2v) is 4.77. The molecule has 0 saturated heterocycles. The van der Waals surface area contributed by atoms with Crippen molar-refractivity contribution in [2.24, 2.45) is 11.3 Å². The van der Waals surface area contributed by atoms with Crippen LogP contribution in [0.2, 0.25) is 0 Å². The average Bonchev–Trinajstić information content (AvgIpc) is 2.38. The Morgan fingerprint density at radius 3 is 2.26 bits per heavy atom. The third-order valence-corrected chi connectivity index (χ3v) is 3.58. The highest BCUT2D eigenvalue weighted by molar-refractivity contribution is 6.00. The number of carbonyl (C=O) groups is 2. The van der Waals surface area contributed by atoms with Crippen LogP contribution in [0.1, 0.15) is 32.1 Å². The molecule has 4 nitrogen and oxygen atoms in total. The Labute approximate surface area is 114 Å². The van der Waals surface area contributed by atoms with E-state index < -0.39 is 17.4 Å². The van der Waals surface area contributed by atoms with Crippen molar-refractivity contribution < 1.29 is 19.1 Å². The van der Waals surface area contributed by atoms with Crippen LogP contribution in [0.25, 0.3) is 0 Å². The Bertz CT molecular complexity index is 383. The molecule has 1 fully saturated rings. The van der Waals surface area contributed by atoms with Crippen LogP contribution in [0, 0.1) is 23.7 Å². The molecule has 1 aliphatic carbocycles. The maximum Gasteiger partial charge on any atom is 0.324 e. The van der Waals surface area contributed by atoms with Gasteiger partial charge in [-0.25, -0.2) is 0 Å². The van der Waals surface area contributed by atoms with E-state index >= 15 is 0 Å². The highest BCUT2D eigenvalue weighted by Gasteiger charge is 2.47. The van der Waals surface area contributed by atoms with Crippen molar-refractivity contribution in [1.82, 2.24) is 0 Å². The fraction of sp³-hybridized carbons (Fsp3) is 0.600. The number of rotatable bonds is 6. The topological polar surface area (TPSA) is 52.6 Å². The highest BCUT2D eigenvalue weighted by atomic mass is 16.5. The molecule has 0 aliphatic heterocycles. The van der Waals surface area contributed by atoms with Gasteiger partial charge in [0.05, 0.1) is 14.2 Å². The number of carbonyl (C=O) groups excluding carboxylic acids is 2. The largest absolute Gasteiger partial charge is 0.468 e. The third kappa shape index (κ3) is 3.37. The summed E-state index contributed by atoms with van der Waals surface area (Å²) < 4.78 is 9.44. The summed E-state index contributed by atoms with van der Waals surface area (Å²) in [5.41, 5.74) is -1.42. The fourth-order valence-electron chi connectivity index (χ4n) is 2.13. The standard InChI is InChI=1S/C15H20O4/c1-4-10-15(13(16)18-2,14(17)19-3)11-6-9-12-7-5-8-12/h1,6,9,12H,5,7-8,10-11H2,2-3H3/b9-6+. The lowest BCUT2D eigenvalue weighted by Crippen LogP contribution is -2.40. The molecule has 104 valence electrons. The van der Waals surface area contributed by atoms with Gasteiger partial charge >= 0.3 is 11.9 Å². The minimum atomic E-state index is -1.42. The monoisotopic (exact) mass is 264 g/mol. The van der Waals surface area contributed by atoms with Gasteiger partial charge in [0, 0.05) is 6.42 Å². The van der Waals surface area contributed by atoms with Gasteiger partial charge < -0.3 is 9.47 Å². The van der Waals surface area contributed by atoms with E-state index in [4.69, 9.17) is 15.9 Å². The fourth-order valence-corrected chi connectivity index (χ4v) is 2.13. The van der Waals surface area contributed by atoms with Crippen LogP contribution in [-0.4, -0.2) is 26.2 Å². The number of hydrogen-bond donors (Lipinski definition) is 0. The third-order valence-electron chi connectivity index (χ3n) is 3.58. The van der Waals surface area contributed by atoms with Crippen LogP contribution in [0.5, 0.6) is 0 Å². The van der Waals surface area contributed by atoms with Gasteiger partial charge in [0.1, 0.15) is 0 Å². The van der Waals surface area contributed by atoms with Crippen molar-refractivity contribution in [3.63, 3.8) is 0 Å².